The number of nitrogens with zero attached hydrogens (tertiary/aromatic N) is 2. The molecule has 0 unspecified atom stereocenters. The van der Waals surface area contributed by atoms with E-state index in [0.29, 0.717) is 0 Å². The van der Waals surface area contributed by atoms with Crippen LogP contribution in [0.5, 0.6) is 0 Å². The largest absolute Gasteiger partial charge is 0.456 e. The average Bonchev–Trinajstić information content (AvgIpc) is 3.85. The van der Waals surface area contributed by atoms with Crippen LogP contribution >= 0.6 is 0 Å². The summed E-state index contributed by atoms with van der Waals surface area (Å²) in [5.41, 5.74) is 13.1. The minimum absolute atomic E-state index is 0.889. The molecule has 2 heterocycles. The smallest absolute Gasteiger partial charge is 0.136 e. The van der Waals surface area contributed by atoms with Gasteiger partial charge in [-0.3, -0.25) is 0 Å². The van der Waals surface area contributed by atoms with E-state index in [0.717, 1.165) is 55.8 Å². The van der Waals surface area contributed by atoms with E-state index in [1.165, 1.54) is 54.5 Å². The molecule has 12 rings (SSSR count). The van der Waals surface area contributed by atoms with Crippen LogP contribution in [-0.4, -0.2) is 4.57 Å². The molecule has 0 amide bonds. The predicted octanol–water partition coefficient (Wildman–Crippen LogP) is 15.8. The van der Waals surface area contributed by atoms with Crippen molar-refractivity contribution in [1.29, 1.82) is 0 Å². The van der Waals surface area contributed by atoms with Gasteiger partial charge < -0.3 is 13.9 Å². The van der Waals surface area contributed by atoms with Crippen LogP contribution in [0, 0.1) is 0 Å². The molecule has 3 heteroatoms. The highest BCUT2D eigenvalue weighted by Gasteiger charge is 2.19. The quantitative estimate of drug-likeness (QED) is 0.158. The summed E-state index contributed by atoms with van der Waals surface area (Å²) < 4.78 is 8.73. The van der Waals surface area contributed by atoms with Crippen molar-refractivity contribution in [2.45, 2.75) is 0 Å². The molecule has 0 aliphatic rings. The van der Waals surface area contributed by atoms with Gasteiger partial charge in [0.05, 0.1) is 11.0 Å². The zero-order valence-electron chi connectivity index (χ0n) is 32.1. The lowest BCUT2D eigenvalue weighted by molar-refractivity contribution is 0.669. The molecule has 0 bridgehead atoms. The van der Waals surface area contributed by atoms with Crippen LogP contribution < -0.4 is 4.90 Å². The van der Waals surface area contributed by atoms with Gasteiger partial charge in [-0.2, -0.15) is 0 Å². The molecular formula is C56H36N2O. The molecule has 0 atom stereocenters. The van der Waals surface area contributed by atoms with Gasteiger partial charge in [-0.15, -0.1) is 0 Å². The van der Waals surface area contributed by atoms with Crippen molar-refractivity contribution in [2.24, 2.45) is 0 Å². The third-order valence-corrected chi connectivity index (χ3v) is 11.9. The molecule has 0 N–H and O–H groups in total. The molecule has 0 spiro atoms. The van der Waals surface area contributed by atoms with Gasteiger partial charge in [0.2, 0.25) is 0 Å². The number of benzene rings is 10. The van der Waals surface area contributed by atoms with Gasteiger partial charge in [0.15, 0.2) is 0 Å². The summed E-state index contributed by atoms with van der Waals surface area (Å²) >= 11 is 0. The van der Waals surface area contributed by atoms with Crippen LogP contribution in [0.15, 0.2) is 223 Å². The van der Waals surface area contributed by atoms with E-state index < -0.39 is 0 Å². The monoisotopic (exact) mass is 752 g/mol. The molecule has 0 aliphatic carbocycles. The van der Waals surface area contributed by atoms with Crippen molar-refractivity contribution >= 4 is 82.4 Å². The Morgan fingerprint density at radius 3 is 1.63 bits per heavy atom. The van der Waals surface area contributed by atoms with Gasteiger partial charge >= 0.3 is 0 Å². The standard InChI is InChI=1S/C56H36N2O/c1-2-21-45-40(14-1)34-52(47-23-4-3-22-46(45)47)39-16-12-18-42(33-39)57(41-17-11-15-37(32-41)38-30-31-51-50-26-7-10-29-55(50)59-56(51)35-38)43-19-13-20-44(36-43)58-53-27-8-5-24-48(53)49-25-6-9-28-54(49)58/h1-36H. The molecule has 12 aromatic rings. The van der Waals surface area contributed by atoms with E-state index in [4.69, 9.17) is 4.42 Å². The van der Waals surface area contributed by atoms with Gasteiger partial charge in [-0.05, 0) is 123 Å². The number of furan rings is 1. The number of rotatable bonds is 6. The zero-order chi connectivity index (χ0) is 38.9. The van der Waals surface area contributed by atoms with Crippen molar-refractivity contribution in [3.05, 3.63) is 218 Å². The second-order valence-corrected chi connectivity index (χ2v) is 15.3. The molecule has 276 valence electrons. The van der Waals surface area contributed by atoms with E-state index in [2.05, 4.69) is 216 Å². The maximum Gasteiger partial charge on any atom is 0.136 e. The Morgan fingerprint density at radius 2 is 0.864 bits per heavy atom. The Morgan fingerprint density at radius 1 is 0.322 bits per heavy atom. The van der Waals surface area contributed by atoms with Gasteiger partial charge in [0, 0.05) is 44.3 Å². The average molecular weight is 753 g/mol. The predicted molar refractivity (Wildman–Crippen MR) is 249 cm³/mol. The molecule has 0 saturated heterocycles. The van der Waals surface area contributed by atoms with Crippen LogP contribution in [-0.2, 0) is 0 Å². The van der Waals surface area contributed by atoms with E-state index >= 15 is 0 Å². The topological polar surface area (TPSA) is 21.3 Å². The van der Waals surface area contributed by atoms with Crippen molar-refractivity contribution in [3.63, 3.8) is 0 Å². The van der Waals surface area contributed by atoms with E-state index in [1.807, 2.05) is 12.1 Å². The number of anilines is 3. The zero-order valence-corrected chi connectivity index (χ0v) is 32.1. The Hall–Kier alpha value is -7.88. The van der Waals surface area contributed by atoms with Gasteiger partial charge in [0.1, 0.15) is 11.2 Å². The lowest BCUT2D eigenvalue weighted by atomic mass is 9.93. The molecule has 0 saturated carbocycles. The Balaban J connectivity index is 1.06. The van der Waals surface area contributed by atoms with Crippen molar-refractivity contribution in [3.8, 4) is 27.9 Å². The first-order chi connectivity index (χ1) is 29.2. The number of hydrogen-bond donors (Lipinski definition) is 0. The Labute approximate surface area is 341 Å². The molecule has 0 fully saturated rings. The molecule has 0 aliphatic heterocycles. The third-order valence-electron chi connectivity index (χ3n) is 11.9. The lowest BCUT2D eigenvalue weighted by Crippen LogP contribution is -2.11. The summed E-state index contributed by atoms with van der Waals surface area (Å²) in [5, 5.41) is 9.76. The third kappa shape index (κ3) is 5.44. The summed E-state index contributed by atoms with van der Waals surface area (Å²) in [5.74, 6) is 0. The molecule has 3 nitrogen and oxygen atoms in total. The SMILES string of the molecule is c1cc(-c2ccc3c(c2)oc2ccccc23)cc(N(c2cccc(-c3cc4ccccc4c4ccccc34)c2)c2cccc(-n3c4ccccc4c4ccccc43)c2)c1. The highest BCUT2D eigenvalue weighted by molar-refractivity contribution is 6.14. The van der Waals surface area contributed by atoms with Gasteiger partial charge in [0.25, 0.3) is 0 Å². The highest BCUT2D eigenvalue weighted by Crippen LogP contribution is 2.42. The summed E-state index contributed by atoms with van der Waals surface area (Å²) in [4.78, 5) is 2.40. The Bertz CT molecular complexity index is 3540. The first kappa shape index (κ1) is 33.3. The van der Waals surface area contributed by atoms with Crippen molar-refractivity contribution < 1.29 is 4.42 Å². The number of fused-ring (bicyclic) bond motifs is 9. The fraction of sp³-hybridized carbons (Fsp3) is 0. The van der Waals surface area contributed by atoms with Gasteiger partial charge in [-0.25, -0.2) is 0 Å². The second-order valence-electron chi connectivity index (χ2n) is 15.3. The van der Waals surface area contributed by atoms with Crippen LogP contribution in [0.25, 0.3) is 93.2 Å². The minimum Gasteiger partial charge on any atom is -0.456 e. The molecule has 0 radical (unpaired) electrons. The first-order valence-electron chi connectivity index (χ1n) is 20.2. The summed E-state index contributed by atoms with van der Waals surface area (Å²) in [7, 11) is 0. The highest BCUT2D eigenvalue weighted by atomic mass is 16.3. The van der Waals surface area contributed by atoms with Crippen LogP contribution in [0.3, 0.4) is 0 Å². The number of aromatic nitrogens is 1. The van der Waals surface area contributed by atoms with Gasteiger partial charge in [-0.1, -0.05) is 140 Å². The Kier molecular flexibility index (Phi) is 7.54. The maximum absolute atomic E-state index is 6.34. The summed E-state index contributed by atoms with van der Waals surface area (Å²) in [6.07, 6.45) is 0. The van der Waals surface area contributed by atoms with Crippen LogP contribution in [0.2, 0.25) is 0 Å². The van der Waals surface area contributed by atoms with E-state index in [-0.39, 0.29) is 0 Å². The van der Waals surface area contributed by atoms with Crippen LogP contribution in [0.4, 0.5) is 17.1 Å². The molecule has 10 aromatic carbocycles. The minimum atomic E-state index is 0.889. The fourth-order valence-corrected chi connectivity index (χ4v) is 9.25. The fourth-order valence-electron chi connectivity index (χ4n) is 9.25. The first-order valence-corrected chi connectivity index (χ1v) is 20.2. The normalized spacial score (nSPS) is 11.7. The van der Waals surface area contributed by atoms with Crippen LogP contribution in [0.1, 0.15) is 0 Å². The van der Waals surface area contributed by atoms with E-state index in [9.17, 15) is 0 Å². The summed E-state index contributed by atoms with van der Waals surface area (Å²) in [6, 6.07) is 78.9. The van der Waals surface area contributed by atoms with Crippen molar-refractivity contribution in [1.82, 2.24) is 4.57 Å². The molecule has 2 aromatic heterocycles. The molecular weight excluding hydrogens is 717 g/mol. The lowest BCUT2D eigenvalue weighted by Gasteiger charge is -2.27. The number of para-hydroxylation sites is 3. The summed E-state index contributed by atoms with van der Waals surface area (Å²) in [6.45, 7) is 0. The maximum atomic E-state index is 6.34. The van der Waals surface area contributed by atoms with E-state index in [1.54, 1.807) is 0 Å². The molecule has 59 heavy (non-hydrogen) atoms. The number of hydrogen-bond acceptors (Lipinski definition) is 2. The second kappa shape index (κ2) is 13.4. The van der Waals surface area contributed by atoms with Crippen molar-refractivity contribution in [2.75, 3.05) is 4.90 Å².